The Kier molecular flexibility index (Phi) is 3.00. The number of H-pyrrole nitrogens is 1. The zero-order valence-electron chi connectivity index (χ0n) is 10.1. The third-order valence-electron chi connectivity index (χ3n) is 2.80. The monoisotopic (exact) mass is 274 g/mol. The van der Waals surface area contributed by atoms with Crippen molar-refractivity contribution in [2.75, 3.05) is 5.32 Å². The molecule has 3 rings (SSSR count). The van der Waals surface area contributed by atoms with E-state index in [-0.39, 0.29) is 11.3 Å². The molecule has 0 aliphatic carbocycles. The van der Waals surface area contributed by atoms with E-state index in [9.17, 15) is 0 Å². The highest BCUT2D eigenvalue weighted by Crippen LogP contribution is 2.23. The van der Waals surface area contributed by atoms with Crippen molar-refractivity contribution in [3.8, 4) is 0 Å². The summed E-state index contributed by atoms with van der Waals surface area (Å²) < 4.78 is 0. The third-order valence-corrected chi connectivity index (χ3v) is 2.97. The van der Waals surface area contributed by atoms with Crippen molar-refractivity contribution in [2.45, 2.75) is 13.0 Å². The number of hydrogen-bond acceptors (Lipinski definition) is 5. The second kappa shape index (κ2) is 4.81. The van der Waals surface area contributed by atoms with Crippen molar-refractivity contribution in [3.05, 3.63) is 41.7 Å². The topological polar surface area (TPSA) is 79.4 Å². The summed E-state index contributed by atoms with van der Waals surface area (Å²) in [7, 11) is 0. The van der Waals surface area contributed by atoms with Gasteiger partial charge >= 0.3 is 0 Å². The number of halogens is 1. The summed E-state index contributed by atoms with van der Waals surface area (Å²) in [5.41, 5.74) is 2.34. The molecule has 0 spiro atoms. The molecule has 19 heavy (non-hydrogen) atoms. The Balaban J connectivity index is 1.95. The minimum atomic E-state index is 0.0474. The molecule has 96 valence electrons. The van der Waals surface area contributed by atoms with Gasteiger partial charge < -0.3 is 10.3 Å². The minimum absolute atomic E-state index is 0.0474. The van der Waals surface area contributed by atoms with Gasteiger partial charge in [0.15, 0.2) is 11.5 Å². The standard InChI is InChI=1S/C12H11ClN6/c1-7(8-3-2-4-14-5-8)17-11-9-10(16-6-15-9)18-12(13)19-11/h2-7H,1H3,(H2,15,16,17,18,19). The Hall–Kier alpha value is -2.21. The van der Waals surface area contributed by atoms with Crippen molar-refractivity contribution in [2.24, 2.45) is 0 Å². The van der Waals surface area contributed by atoms with Gasteiger partial charge in [-0.1, -0.05) is 6.07 Å². The minimum Gasteiger partial charge on any atom is -0.362 e. The molecule has 3 aromatic heterocycles. The first-order valence-electron chi connectivity index (χ1n) is 5.77. The van der Waals surface area contributed by atoms with Crippen LogP contribution in [0.2, 0.25) is 5.28 Å². The van der Waals surface area contributed by atoms with E-state index in [1.807, 2.05) is 25.3 Å². The van der Waals surface area contributed by atoms with Crippen LogP contribution >= 0.6 is 11.6 Å². The normalized spacial score (nSPS) is 12.5. The smallest absolute Gasteiger partial charge is 0.226 e. The van der Waals surface area contributed by atoms with Gasteiger partial charge in [-0.2, -0.15) is 9.97 Å². The molecule has 0 radical (unpaired) electrons. The molecular formula is C12H11ClN6. The zero-order valence-corrected chi connectivity index (χ0v) is 10.9. The van der Waals surface area contributed by atoms with Crippen molar-refractivity contribution in [1.82, 2.24) is 24.9 Å². The van der Waals surface area contributed by atoms with Crippen molar-refractivity contribution in [1.29, 1.82) is 0 Å². The van der Waals surface area contributed by atoms with Crippen LogP contribution in [0.15, 0.2) is 30.9 Å². The lowest BCUT2D eigenvalue weighted by Crippen LogP contribution is -2.09. The quantitative estimate of drug-likeness (QED) is 0.718. The molecule has 3 aromatic rings. The first-order valence-corrected chi connectivity index (χ1v) is 6.15. The summed E-state index contributed by atoms with van der Waals surface area (Å²) in [5.74, 6) is 0.629. The number of nitrogens with one attached hydrogen (secondary N) is 2. The maximum Gasteiger partial charge on any atom is 0.226 e. The van der Waals surface area contributed by atoms with Gasteiger partial charge in [-0.3, -0.25) is 4.98 Å². The number of aromatic amines is 1. The largest absolute Gasteiger partial charge is 0.362 e. The fraction of sp³-hybridized carbons (Fsp3) is 0.167. The second-order valence-corrected chi connectivity index (χ2v) is 4.43. The van der Waals surface area contributed by atoms with Crippen molar-refractivity contribution < 1.29 is 0 Å². The highest BCUT2D eigenvalue weighted by Gasteiger charge is 2.12. The molecule has 0 saturated heterocycles. The molecule has 0 bridgehead atoms. The molecule has 0 saturated carbocycles. The molecule has 1 atom stereocenters. The summed E-state index contributed by atoms with van der Waals surface area (Å²) in [5, 5.41) is 3.45. The van der Waals surface area contributed by atoms with Crippen LogP contribution in [0.5, 0.6) is 0 Å². The summed E-state index contributed by atoms with van der Waals surface area (Å²) >= 11 is 5.88. The van der Waals surface area contributed by atoms with Gasteiger partial charge in [-0.05, 0) is 30.2 Å². The van der Waals surface area contributed by atoms with Crippen LogP contribution in [0.3, 0.4) is 0 Å². The van der Waals surface area contributed by atoms with Crippen LogP contribution < -0.4 is 5.32 Å². The summed E-state index contributed by atoms with van der Waals surface area (Å²) in [6, 6.07) is 3.94. The van der Waals surface area contributed by atoms with Crippen LogP contribution in [0.1, 0.15) is 18.5 Å². The number of rotatable bonds is 3. The lowest BCUT2D eigenvalue weighted by atomic mass is 10.1. The van der Waals surface area contributed by atoms with Crippen LogP contribution in [0.25, 0.3) is 11.2 Å². The average molecular weight is 275 g/mol. The predicted octanol–water partition coefficient (Wildman–Crippen LogP) is 2.57. The molecule has 0 aliphatic heterocycles. The number of imidazole rings is 1. The maximum absolute atomic E-state index is 5.88. The van der Waals surface area contributed by atoms with Gasteiger partial charge in [0.2, 0.25) is 5.28 Å². The van der Waals surface area contributed by atoms with E-state index in [2.05, 4.69) is 30.2 Å². The Morgan fingerprint density at radius 3 is 3.05 bits per heavy atom. The Morgan fingerprint density at radius 1 is 1.37 bits per heavy atom. The van der Waals surface area contributed by atoms with Gasteiger partial charge in [-0.25, -0.2) is 4.98 Å². The maximum atomic E-state index is 5.88. The average Bonchev–Trinajstić information content (AvgIpc) is 2.88. The molecule has 0 aromatic carbocycles. The fourth-order valence-electron chi connectivity index (χ4n) is 1.83. The molecule has 2 N–H and O–H groups in total. The van der Waals surface area contributed by atoms with Gasteiger partial charge in [0.1, 0.15) is 5.52 Å². The van der Waals surface area contributed by atoms with Crippen LogP contribution in [0, 0.1) is 0 Å². The predicted molar refractivity (Wildman–Crippen MR) is 73.0 cm³/mol. The first kappa shape index (κ1) is 11.9. The molecule has 6 nitrogen and oxygen atoms in total. The lowest BCUT2D eigenvalue weighted by molar-refractivity contribution is 0.867. The summed E-state index contributed by atoms with van der Waals surface area (Å²) in [4.78, 5) is 19.4. The second-order valence-electron chi connectivity index (χ2n) is 4.09. The van der Waals surface area contributed by atoms with E-state index in [1.54, 1.807) is 12.5 Å². The number of fused-ring (bicyclic) bond motifs is 1. The number of pyridine rings is 1. The van der Waals surface area contributed by atoms with Gasteiger partial charge in [0.25, 0.3) is 0 Å². The zero-order chi connectivity index (χ0) is 13.2. The van der Waals surface area contributed by atoms with E-state index in [1.165, 1.54) is 0 Å². The number of anilines is 1. The molecule has 0 amide bonds. The molecular weight excluding hydrogens is 264 g/mol. The van der Waals surface area contributed by atoms with E-state index < -0.39 is 0 Å². The molecule has 3 heterocycles. The van der Waals surface area contributed by atoms with Crippen LogP contribution in [-0.4, -0.2) is 24.9 Å². The van der Waals surface area contributed by atoms with E-state index in [4.69, 9.17) is 11.6 Å². The Bertz CT molecular complexity index is 696. The fourth-order valence-corrected chi connectivity index (χ4v) is 2.00. The van der Waals surface area contributed by atoms with Crippen molar-refractivity contribution >= 4 is 28.6 Å². The highest BCUT2D eigenvalue weighted by molar-refractivity contribution is 6.28. The Labute approximate surface area is 114 Å². The SMILES string of the molecule is CC(Nc1nc(Cl)nc2nc[nH]c12)c1cccnc1. The van der Waals surface area contributed by atoms with E-state index in [0.717, 1.165) is 11.1 Å². The van der Waals surface area contributed by atoms with Gasteiger partial charge in [-0.15, -0.1) is 0 Å². The molecule has 1 unspecified atom stereocenters. The van der Waals surface area contributed by atoms with E-state index >= 15 is 0 Å². The lowest BCUT2D eigenvalue weighted by Gasteiger charge is -2.14. The van der Waals surface area contributed by atoms with Crippen LogP contribution in [-0.2, 0) is 0 Å². The van der Waals surface area contributed by atoms with Crippen molar-refractivity contribution in [3.63, 3.8) is 0 Å². The third kappa shape index (κ3) is 2.34. The van der Waals surface area contributed by atoms with Gasteiger partial charge in [0.05, 0.1) is 12.4 Å². The highest BCUT2D eigenvalue weighted by atomic mass is 35.5. The number of aromatic nitrogens is 5. The van der Waals surface area contributed by atoms with E-state index in [0.29, 0.717) is 11.5 Å². The Morgan fingerprint density at radius 2 is 2.26 bits per heavy atom. The van der Waals surface area contributed by atoms with Gasteiger partial charge in [0, 0.05) is 12.4 Å². The first-order chi connectivity index (χ1) is 9.24. The summed E-state index contributed by atoms with van der Waals surface area (Å²) in [6.07, 6.45) is 5.12. The number of hydrogen-bond donors (Lipinski definition) is 2. The molecule has 0 fully saturated rings. The molecule has 0 aliphatic rings. The number of nitrogens with zero attached hydrogens (tertiary/aromatic N) is 4. The summed E-state index contributed by atoms with van der Waals surface area (Å²) in [6.45, 7) is 2.02. The van der Waals surface area contributed by atoms with Crippen LogP contribution in [0.4, 0.5) is 5.82 Å². The molecule has 7 heteroatoms.